The molecule has 0 radical (unpaired) electrons. The van der Waals surface area contributed by atoms with Crippen molar-refractivity contribution in [2.24, 2.45) is 0 Å². The van der Waals surface area contributed by atoms with Crippen molar-refractivity contribution < 1.29 is 13.9 Å². The van der Waals surface area contributed by atoms with E-state index in [1.54, 1.807) is 25.1 Å². The van der Waals surface area contributed by atoms with Gasteiger partial charge in [-0.25, -0.2) is 9.18 Å². The number of rotatable bonds is 1. The molecule has 1 N–H and O–H groups in total. The molecule has 0 saturated carbocycles. The van der Waals surface area contributed by atoms with Gasteiger partial charge in [-0.3, -0.25) is 0 Å². The van der Waals surface area contributed by atoms with E-state index in [9.17, 15) is 14.3 Å². The summed E-state index contributed by atoms with van der Waals surface area (Å²) in [4.78, 5) is 12.1. The number of phenols is 1. The third-order valence-electron chi connectivity index (χ3n) is 3.28. The minimum absolute atomic E-state index is 0.0367. The molecule has 3 rings (SSSR count). The molecular formula is C16H11FO3. The number of aromatic hydroxyl groups is 1. The van der Waals surface area contributed by atoms with Gasteiger partial charge in [0.05, 0.1) is 5.56 Å². The van der Waals surface area contributed by atoms with Crippen molar-refractivity contribution in [1.29, 1.82) is 0 Å². The average Bonchev–Trinajstić information content (AvgIpc) is 2.40. The van der Waals surface area contributed by atoms with E-state index in [1.807, 2.05) is 0 Å². The van der Waals surface area contributed by atoms with E-state index in [1.165, 1.54) is 24.3 Å². The predicted octanol–water partition coefficient (Wildman–Crippen LogP) is 3.61. The molecule has 3 aromatic rings. The van der Waals surface area contributed by atoms with Gasteiger partial charge in [-0.05, 0) is 42.3 Å². The molecule has 0 unspecified atom stereocenters. The molecular weight excluding hydrogens is 259 g/mol. The number of hydrogen-bond donors (Lipinski definition) is 1. The molecule has 2 aromatic carbocycles. The van der Waals surface area contributed by atoms with Gasteiger partial charge in [0.25, 0.3) is 0 Å². The lowest BCUT2D eigenvalue weighted by Crippen LogP contribution is -2.05. The molecule has 1 heterocycles. The largest absolute Gasteiger partial charge is 0.508 e. The second-order valence-electron chi connectivity index (χ2n) is 4.58. The number of phenolic OH excluding ortho intramolecular Hbond substituents is 1. The summed E-state index contributed by atoms with van der Waals surface area (Å²) >= 11 is 0. The monoisotopic (exact) mass is 270 g/mol. The Morgan fingerprint density at radius 3 is 2.50 bits per heavy atom. The highest BCUT2D eigenvalue weighted by Gasteiger charge is 2.13. The molecule has 0 atom stereocenters. The normalized spacial score (nSPS) is 10.9. The van der Waals surface area contributed by atoms with Crippen molar-refractivity contribution in [1.82, 2.24) is 0 Å². The van der Waals surface area contributed by atoms with Gasteiger partial charge >= 0.3 is 5.63 Å². The Morgan fingerprint density at radius 2 is 1.80 bits per heavy atom. The van der Waals surface area contributed by atoms with Crippen LogP contribution in [0.1, 0.15) is 5.56 Å². The van der Waals surface area contributed by atoms with Gasteiger partial charge in [0.1, 0.15) is 17.1 Å². The van der Waals surface area contributed by atoms with Gasteiger partial charge in [-0.1, -0.05) is 12.1 Å². The summed E-state index contributed by atoms with van der Waals surface area (Å²) in [6, 6.07) is 10.3. The molecule has 0 saturated heterocycles. The van der Waals surface area contributed by atoms with Gasteiger partial charge in [-0.2, -0.15) is 0 Å². The van der Waals surface area contributed by atoms with Crippen LogP contribution in [0.5, 0.6) is 5.75 Å². The lowest BCUT2D eigenvalue weighted by atomic mass is 9.99. The summed E-state index contributed by atoms with van der Waals surface area (Å²) < 4.78 is 18.2. The molecule has 0 aliphatic carbocycles. The van der Waals surface area contributed by atoms with Crippen LogP contribution < -0.4 is 5.63 Å². The van der Waals surface area contributed by atoms with E-state index in [0.717, 1.165) is 10.9 Å². The van der Waals surface area contributed by atoms with Crippen LogP contribution in [0.4, 0.5) is 4.39 Å². The van der Waals surface area contributed by atoms with E-state index in [0.29, 0.717) is 16.7 Å². The first-order valence-corrected chi connectivity index (χ1v) is 6.08. The Kier molecular flexibility index (Phi) is 2.79. The number of aryl methyl sites for hydroxylation is 1. The highest BCUT2D eigenvalue weighted by Crippen LogP contribution is 2.28. The van der Waals surface area contributed by atoms with Crippen molar-refractivity contribution in [2.75, 3.05) is 0 Å². The minimum atomic E-state index is -0.507. The molecule has 0 aliphatic heterocycles. The summed E-state index contributed by atoms with van der Waals surface area (Å²) in [7, 11) is 0. The molecule has 100 valence electrons. The molecule has 0 spiro atoms. The fourth-order valence-electron chi connectivity index (χ4n) is 2.29. The summed E-state index contributed by atoms with van der Waals surface area (Å²) in [5.74, 6) is -0.323. The number of benzene rings is 2. The molecule has 20 heavy (non-hydrogen) atoms. The van der Waals surface area contributed by atoms with Crippen molar-refractivity contribution in [3.63, 3.8) is 0 Å². The average molecular weight is 270 g/mol. The van der Waals surface area contributed by atoms with Crippen molar-refractivity contribution in [3.8, 4) is 16.9 Å². The van der Waals surface area contributed by atoms with Crippen LogP contribution in [0.3, 0.4) is 0 Å². The molecule has 1 aromatic heterocycles. The molecule has 3 nitrogen and oxygen atoms in total. The summed E-state index contributed by atoms with van der Waals surface area (Å²) in [5, 5.41) is 10.2. The Labute approximate surface area is 113 Å². The molecule has 4 heteroatoms. The smallest absolute Gasteiger partial charge is 0.344 e. The molecule has 0 amide bonds. The van der Waals surface area contributed by atoms with Gasteiger partial charge in [0.2, 0.25) is 0 Å². The van der Waals surface area contributed by atoms with Crippen LogP contribution >= 0.6 is 0 Å². The number of halogens is 1. The second kappa shape index (κ2) is 4.49. The van der Waals surface area contributed by atoms with E-state index < -0.39 is 5.63 Å². The van der Waals surface area contributed by atoms with Crippen LogP contribution in [0.25, 0.3) is 22.1 Å². The maximum Gasteiger partial charge on any atom is 0.344 e. The second-order valence-corrected chi connectivity index (χ2v) is 4.58. The molecule has 0 aliphatic rings. The first-order valence-electron chi connectivity index (χ1n) is 6.08. The van der Waals surface area contributed by atoms with Crippen molar-refractivity contribution >= 4 is 11.0 Å². The highest BCUT2D eigenvalue weighted by atomic mass is 19.1. The van der Waals surface area contributed by atoms with Crippen LogP contribution in [-0.2, 0) is 0 Å². The van der Waals surface area contributed by atoms with E-state index >= 15 is 0 Å². The van der Waals surface area contributed by atoms with Gasteiger partial charge in [0, 0.05) is 11.5 Å². The van der Waals surface area contributed by atoms with E-state index in [-0.39, 0.29) is 11.6 Å². The summed E-state index contributed by atoms with van der Waals surface area (Å²) in [6.07, 6.45) is 0. The first-order chi connectivity index (χ1) is 9.56. The molecule has 0 bridgehead atoms. The Hall–Kier alpha value is -2.62. The predicted molar refractivity (Wildman–Crippen MR) is 74.3 cm³/mol. The van der Waals surface area contributed by atoms with Crippen LogP contribution in [-0.4, -0.2) is 5.11 Å². The Bertz CT molecular complexity index is 848. The van der Waals surface area contributed by atoms with Gasteiger partial charge < -0.3 is 9.52 Å². The van der Waals surface area contributed by atoms with Crippen molar-refractivity contribution in [2.45, 2.75) is 6.92 Å². The third-order valence-corrected chi connectivity index (χ3v) is 3.28. The fraction of sp³-hybridized carbons (Fsp3) is 0.0625. The highest BCUT2D eigenvalue weighted by molar-refractivity contribution is 5.87. The zero-order valence-electron chi connectivity index (χ0n) is 10.7. The quantitative estimate of drug-likeness (QED) is 0.687. The fourth-order valence-corrected chi connectivity index (χ4v) is 2.29. The Balaban J connectivity index is 2.34. The standard InChI is InChI=1S/C16H11FO3/c1-9-13-7-6-12(18)8-14(13)20-16(19)15(9)10-2-4-11(17)5-3-10/h2-8,18H,1H3. The number of hydrogen-bond acceptors (Lipinski definition) is 3. The van der Waals surface area contributed by atoms with Crippen molar-refractivity contribution in [3.05, 3.63) is 64.3 Å². The summed E-state index contributed by atoms with van der Waals surface area (Å²) in [5.41, 5.74) is 1.57. The zero-order chi connectivity index (χ0) is 14.3. The number of fused-ring (bicyclic) bond motifs is 1. The maximum absolute atomic E-state index is 13.0. The maximum atomic E-state index is 13.0. The van der Waals surface area contributed by atoms with Crippen LogP contribution in [0, 0.1) is 12.7 Å². The lowest BCUT2D eigenvalue weighted by Gasteiger charge is -2.08. The topological polar surface area (TPSA) is 50.4 Å². The lowest BCUT2D eigenvalue weighted by molar-refractivity contribution is 0.473. The van der Waals surface area contributed by atoms with Crippen LogP contribution in [0.15, 0.2) is 51.7 Å². The Morgan fingerprint density at radius 1 is 1.10 bits per heavy atom. The van der Waals surface area contributed by atoms with Crippen LogP contribution in [0.2, 0.25) is 0 Å². The third kappa shape index (κ3) is 1.95. The first kappa shape index (κ1) is 12.4. The minimum Gasteiger partial charge on any atom is -0.508 e. The SMILES string of the molecule is Cc1c(-c2ccc(F)cc2)c(=O)oc2cc(O)ccc12. The van der Waals surface area contributed by atoms with Gasteiger partial charge in [0.15, 0.2) is 0 Å². The van der Waals surface area contributed by atoms with Gasteiger partial charge in [-0.15, -0.1) is 0 Å². The zero-order valence-corrected chi connectivity index (χ0v) is 10.7. The molecule has 0 fully saturated rings. The summed E-state index contributed by atoms with van der Waals surface area (Å²) in [6.45, 7) is 1.80. The van der Waals surface area contributed by atoms with E-state index in [2.05, 4.69) is 0 Å². The van der Waals surface area contributed by atoms with E-state index in [4.69, 9.17) is 4.42 Å².